The van der Waals surface area contributed by atoms with Crippen LogP contribution in [0.2, 0.25) is 0 Å². The molecule has 6 nitrogen and oxygen atoms in total. The van der Waals surface area contributed by atoms with Crippen LogP contribution in [-0.4, -0.2) is 41.5 Å². The first-order chi connectivity index (χ1) is 9.52. The lowest BCUT2D eigenvalue weighted by molar-refractivity contribution is 0.217. The molecule has 1 aromatic carbocycles. The monoisotopic (exact) mass is 298 g/mol. The molecule has 0 aromatic heterocycles. The summed E-state index contributed by atoms with van der Waals surface area (Å²) in [7, 11) is -0.585. The van der Waals surface area contributed by atoms with E-state index in [1.165, 1.54) is 14.2 Å². The molecular formula is C13H18N2O4S. The Balaban J connectivity index is 3.02. The maximum atomic E-state index is 11.8. The molecule has 3 N–H and O–H groups in total. The predicted octanol–water partition coefficient (Wildman–Crippen LogP) is 0.393. The maximum absolute atomic E-state index is 11.8. The minimum Gasteiger partial charge on any atom is -0.495 e. The highest BCUT2D eigenvalue weighted by molar-refractivity contribution is 7.92. The van der Waals surface area contributed by atoms with E-state index in [9.17, 15) is 8.42 Å². The van der Waals surface area contributed by atoms with E-state index < -0.39 is 10.0 Å². The van der Waals surface area contributed by atoms with Crippen molar-refractivity contribution in [2.45, 2.75) is 0 Å². The molecule has 110 valence electrons. The zero-order chi connectivity index (χ0) is 15.0. The summed E-state index contributed by atoms with van der Waals surface area (Å²) in [5.41, 5.74) is 6.30. The Labute approximate surface area is 119 Å². The number of nitrogens with one attached hydrogen (secondary N) is 1. The second kappa shape index (κ2) is 7.75. The van der Waals surface area contributed by atoms with Crippen molar-refractivity contribution in [3.05, 3.63) is 23.8 Å². The van der Waals surface area contributed by atoms with E-state index in [-0.39, 0.29) is 18.9 Å². The van der Waals surface area contributed by atoms with Crippen molar-refractivity contribution in [2.75, 3.05) is 37.8 Å². The van der Waals surface area contributed by atoms with Crippen LogP contribution in [0.25, 0.3) is 0 Å². The van der Waals surface area contributed by atoms with E-state index in [4.69, 9.17) is 15.2 Å². The number of nitrogens with two attached hydrogens (primary N) is 1. The molecule has 0 fully saturated rings. The number of ether oxygens (including phenoxy) is 2. The first-order valence-corrected chi connectivity index (χ1v) is 7.54. The van der Waals surface area contributed by atoms with E-state index in [0.29, 0.717) is 17.0 Å². The van der Waals surface area contributed by atoms with Gasteiger partial charge in [0.1, 0.15) is 5.75 Å². The minimum absolute atomic E-state index is 0.115. The van der Waals surface area contributed by atoms with Gasteiger partial charge in [0.15, 0.2) is 0 Å². The summed E-state index contributed by atoms with van der Waals surface area (Å²) in [5.74, 6) is 5.83. The van der Waals surface area contributed by atoms with Gasteiger partial charge in [0.2, 0.25) is 10.0 Å². The Hall–Kier alpha value is -1.75. The van der Waals surface area contributed by atoms with Gasteiger partial charge >= 0.3 is 0 Å². The van der Waals surface area contributed by atoms with Gasteiger partial charge in [0.05, 0.1) is 31.7 Å². The molecule has 0 saturated carbocycles. The van der Waals surface area contributed by atoms with E-state index in [2.05, 4.69) is 16.6 Å². The average molecular weight is 298 g/mol. The number of hydrogen-bond acceptors (Lipinski definition) is 5. The molecule has 0 radical (unpaired) electrons. The molecule has 0 heterocycles. The second-order valence-electron chi connectivity index (χ2n) is 3.83. The molecule has 0 saturated heterocycles. The molecule has 0 atom stereocenters. The third kappa shape index (κ3) is 5.09. The van der Waals surface area contributed by atoms with Crippen LogP contribution in [0.4, 0.5) is 5.69 Å². The van der Waals surface area contributed by atoms with Gasteiger partial charge in [-0.15, -0.1) is 0 Å². The Morgan fingerprint density at radius 3 is 2.70 bits per heavy atom. The van der Waals surface area contributed by atoms with E-state index >= 15 is 0 Å². The molecule has 0 amide bonds. The summed E-state index contributed by atoms with van der Waals surface area (Å²) in [6.45, 7) is 0.352. The fourth-order valence-corrected chi connectivity index (χ4v) is 2.41. The summed E-state index contributed by atoms with van der Waals surface area (Å²) in [5, 5.41) is 0. The smallest absolute Gasteiger partial charge is 0.235 e. The highest BCUT2D eigenvalue weighted by Crippen LogP contribution is 2.26. The van der Waals surface area contributed by atoms with Gasteiger partial charge in [-0.2, -0.15) is 0 Å². The van der Waals surface area contributed by atoms with Crippen LogP contribution in [0, 0.1) is 11.8 Å². The van der Waals surface area contributed by atoms with Crippen LogP contribution in [0.5, 0.6) is 5.75 Å². The largest absolute Gasteiger partial charge is 0.495 e. The van der Waals surface area contributed by atoms with Crippen LogP contribution in [0.3, 0.4) is 0 Å². The third-order valence-corrected chi connectivity index (χ3v) is 3.59. The van der Waals surface area contributed by atoms with Crippen LogP contribution >= 0.6 is 0 Å². The van der Waals surface area contributed by atoms with Gasteiger partial charge < -0.3 is 15.2 Å². The van der Waals surface area contributed by atoms with Crippen LogP contribution in [0.15, 0.2) is 18.2 Å². The molecule has 7 heteroatoms. The van der Waals surface area contributed by atoms with E-state index in [0.717, 1.165) is 0 Å². The topological polar surface area (TPSA) is 90.7 Å². The fourth-order valence-electron chi connectivity index (χ4n) is 1.43. The number of sulfonamides is 1. The summed E-state index contributed by atoms with van der Waals surface area (Å²) in [6, 6.07) is 4.98. The van der Waals surface area contributed by atoms with Crippen molar-refractivity contribution >= 4 is 15.7 Å². The lowest BCUT2D eigenvalue weighted by Crippen LogP contribution is -2.20. The van der Waals surface area contributed by atoms with Gasteiger partial charge in [-0.25, -0.2) is 8.42 Å². The van der Waals surface area contributed by atoms with Crippen molar-refractivity contribution in [3.8, 4) is 17.6 Å². The Morgan fingerprint density at radius 2 is 2.10 bits per heavy atom. The molecule has 0 spiro atoms. The van der Waals surface area contributed by atoms with Gasteiger partial charge in [-0.1, -0.05) is 11.8 Å². The molecule has 1 rings (SSSR count). The van der Waals surface area contributed by atoms with Gasteiger partial charge in [-0.05, 0) is 18.2 Å². The van der Waals surface area contributed by atoms with Crippen LogP contribution in [-0.2, 0) is 14.8 Å². The van der Waals surface area contributed by atoms with Gasteiger partial charge in [0, 0.05) is 12.7 Å². The highest BCUT2D eigenvalue weighted by atomic mass is 32.2. The molecule has 0 aliphatic rings. The van der Waals surface area contributed by atoms with Crippen molar-refractivity contribution in [1.29, 1.82) is 0 Å². The van der Waals surface area contributed by atoms with Crippen LogP contribution < -0.4 is 15.2 Å². The quantitative estimate of drug-likeness (QED) is 0.742. The Bertz CT molecular complexity index is 603. The molecule has 1 aromatic rings. The first kappa shape index (κ1) is 16.3. The average Bonchev–Trinajstić information content (AvgIpc) is 2.43. The molecule has 0 aliphatic heterocycles. The SMILES string of the molecule is COCCS(=O)(=O)Nc1cc(C#CCN)ccc1OC. The Morgan fingerprint density at radius 1 is 1.35 bits per heavy atom. The number of hydrogen-bond donors (Lipinski definition) is 2. The number of benzene rings is 1. The molecule has 20 heavy (non-hydrogen) atoms. The summed E-state index contributed by atoms with van der Waals surface area (Å²) in [6.07, 6.45) is 0. The summed E-state index contributed by atoms with van der Waals surface area (Å²) in [4.78, 5) is 0. The van der Waals surface area contributed by atoms with Gasteiger partial charge in [-0.3, -0.25) is 4.72 Å². The Kier molecular flexibility index (Phi) is 6.31. The number of rotatable bonds is 6. The van der Waals surface area contributed by atoms with Crippen LogP contribution in [0.1, 0.15) is 5.56 Å². The van der Waals surface area contributed by atoms with Gasteiger partial charge in [0.25, 0.3) is 0 Å². The minimum atomic E-state index is -3.49. The second-order valence-corrected chi connectivity index (χ2v) is 5.68. The lowest BCUT2D eigenvalue weighted by Gasteiger charge is -2.12. The zero-order valence-electron chi connectivity index (χ0n) is 11.5. The van der Waals surface area contributed by atoms with Crippen molar-refractivity contribution in [2.24, 2.45) is 5.73 Å². The summed E-state index contributed by atoms with van der Waals surface area (Å²) >= 11 is 0. The number of anilines is 1. The summed E-state index contributed by atoms with van der Waals surface area (Å²) < 4.78 is 36.0. The predicted molar refractivity (Wildman–Crippen MR) is 78.2 cm³/mol. The van der Waals surface area contributed by atoms with Crippen molar-refractivity contribution in [3.63, 3.8) is 0 Å². The highest BCUT2D eigenvalue weighted by Gasteiger charge is 2.13. The van der Waals surface area contributed by atoms with Crippen molar-refractivity contribution in [1.82, 2.24) is 0 Å². The first-order valence-electron chi connectivity index (χ1n) is 5.89. The number of methoxy groups -OCH3 is 2. The molecule has 0 aliphatic carbocycles. The third-order valence-electron chi connectivity index (χ3n) is 2.36. The molecular weight excluding hydrogens is 280 g/mol. The van der Waals surface area contributed by atoms with E-state index in [1.54, 1.807) is 18.2 Å². The standard InChI is InChI=1S/C13H18N2O4S/c1-18-8-9-20(16,17)15-12-10-11(4-3-7-14)5-6-13(12)19-2/h5-6,10,15H,7-9,14H2,1-2H3. The fraction of sp³-hybridized carbons (Fsp3) is 0.385. The van der Waals surface area contributed by atoms with Crippen molar-refractivity contribution < 1.29 is 17.9 Å². The molecule has 0 bridgehead atoms. The zero-order valence-corrected chi connectivity index (χ0v) is 12.3. The molecule has 0 unspecified atom stereocenters. The normalized spacial score (nSPS) is 10.6. The lowest BCUT2D eigenvalue weighted by atomic mass is 10.2. The maximum Gasteiger partial charge on any atom is 0.235 e. The van der Waals surface area contributed by atoms with E-state index in [1.807, 2.05) is 0 Å².